The van der Waals surface area contributed by atoms with Gasteiger partial charge < -0.3 is 15.6 Å². The molecule has 0 saturated carbocycles. The van der Waals surface area contributed by atoms with Crippen LogP contribution in [0.5, 0.6) is 0 Å². The number of H-pyrrole nitrogens is 1. The van der Waals surface area contributed by atoms with E-state index in [1.54, 1.807) is 0 Å². The zero-order valence-corrected chi connectivity index (χ0v) is 14.7. The molecule has 2 rings (SSSR count). The van der Waals surface area contributed by atoms with E-state index in [9.17, 15) is 14.4 Å². The smallest absolute Gasteiger partial charge is 0.251 e. The molecule has 1 heterocycles. The summed E-state index contributed by atoms with van der Waals surface area (Å²) in [5.74, 6) is -0.223. The van der Waals surface area contributed by atoms with Gasteiger partial charge in [-0.1, -0.05) is 42.1 Å². The minimum Gasteiger partial charge on any atom is -0.358 e. The maximum atomic E-state index is 12.0. The molecule has 132 valence electrons. The second-order valence-corrected chi connectivity index (χ2v) is 6.23. The van der Waals surface area contributed by atoms with Gasteiger partial charge in [0.25, 0.3) is 5.56 Å². The number of nitrogens with one attached hydrogen (secondary N) is 3. The lowest BCUT2D eigenvalue weighted by Gasteiger charge is -2.06. The molecule has 1 aromatic carbocycles. The number of amides is 2. The zero-order chi connectivity index (χ0) is 18.1. The molecule has 0 radical (unpaired) electrons. The summed E-state index contributed by atoms with van der Waals surface area (Å²) < 4.78 is 0. The van der Waals surface area contributed by atoms with Crippen molar-refractivity contribution in [2.24, 2.45) is 0 Å². The van der Waals surface area contributed by atoms with Crippen molar-refractivity contribution in [3.8, 4) is 0 Å². The Labute approximate surface area is 149 Å². The summed E-state index contributed by atoms with van der Waals surface area (Å²) in [5, 5.41) is 5.63. The summed E-state index contributed by atoms with van der Waals surface area (Å²) in [6.07, 6.45) is 0.759. The first kappa shape index (κ1) is 18.7. The first-order chi connectivity index (χ1) is 12.1. The Kier molecular flexibility index (Phi) is 7.21. The average molecular weight is 360 g/mol. The van der Waals surface area contributed by atoms with Crippen LogP contribution in [0.1, 0.15) is 11.3 Å². The zero-order valence-electron chi connectivity index (χ0n) is 13.9. The van der Waals surface area contributed by atoms with Crippen molar-refractivity contribution in [3.63, 3.8) is 0 Å². The molecule has 0 aliphatic heterocycles. The Morgan fingerprint density at radius 1 is 1.20 bits per heavy atom. The van der Waals surface area contributed by atoms with E-state index in [0.29, 0.717) is 17.4 Å². The van der Waals surface area contributed by atoms with Crippen LogP contribution in [0.15, 0.2) is 46.3 Å². The molecule has 0 aliphatic carbocycles. The van der Waals surface area contributed by atoms with E-state index in [2.05, 4.69) is 20.6 Å². The van der Waals surface area contributed by atoms with Gasteiger partial charge in [-0.05, 0) is 12.0 Å². The highest BCUT2D eigenvalue weighted by Gasteiger charge is 2.09. The molecule has 8 heteroatoms. The third-order valence-electron chi connectivity index (χ3n) is 3.31. The van der Waals surface area contributed by atoms with Gasteiger partial charge in [0.1, 0.15) is 0 Å². The standard InChI is InChI=1S/C17H20N4O3S/c1-18-16(24)11-25-17-20-13(10-15(23)21-17)9-14(22)19-8-7-12-5-3-2-4-6-12/h2-6,10H,7-9,11H2,1H3,(H,18,24)(H,19,22)(H,20,21,23). The summed E-state index contributed by atoms with van der Waals surface area (Å²) in [6.45, 7) is 0.518. The molecule has 0 bridgehead atoms. The Balaban J connectivity index is 1.86. The maximum Gasteiger partial charge on any atom is 0.251 e. The van der Waals surface area contributed by atoms with Gasteiger partial charge in [0, 0.05) is 19.7 Å². The lowest BCUT2D eigenvalue weighted by atomic mass is 10.1. The second kappa shape index (κ2) is 9.63. The first-order valence-electron chi connectivity index (χ1n) is 7.81. The van der Waals surface area contributed by atoms with Crippen molar-refractivity contribution < 1.29 is 9.59 Å². The molecule has 1 aromatic heterocycles. The molecular formula is C17H20N4O3S. The third-order valence-corrected chi connectivity index (χ3v) is 4.19. The van der Waals surface area contributed by atoms with Crippen molar-refractivity contribution in [1.82, 2.24) is 20.6 Å². The molecule has 2 amide bonds. The van der Waals surface area contributed by atoms with Crippen LogP contribution < -0.4 is 16.2 Å². The van der Waals surface area contributed by atoms with E-state index in [4.69, 9.17) is 0 Å². The molecule has 0 saturated heterocycles. The average Bonchev–Trinajstić information content (AvgIpc) is 2.60. The van der Waals surface area contributed by atoms with Crippen LogP contribution in [0.4, 0.5) is 0 Å². The highest BCUT2D eigenvalue weighted by Crippen LogP contribution is 2.10. The van der Waals surface area contributed by atoms with Crippen molar-refractivity contribution in [3.05, 3.63) is 58.0 Å². The van der Waals surface area contributed by atoms with Crippen LogP contribution in [-0.2, 0) is 22.4 Å². The van der Waals surface area contributed by atoms with Gasteiger partial charge in [0.15, 0.2) is 5.16 Å². The monoisotopic (exact) mass is 360 g/mol. The molecule has 2 aromatic rings. The number of hydrogen-bond acceptors (Lipinski definition) is 5. The minimum absolute atomic E-state index is 0.0201. The number of benzene rings is 1. The lowest BCUT2D eigenvalue weighted by Crippen LogP contribution is -2.28. The Hall–Kier alpha value is -2.61. The third kappa shape index (κ3) is 6.80. The molecular weight excluding hydrogens is 340 g/mol. The molecule has 0 spiro atoms. The van der Waals surface area contributed by atoms with E-state index in [1.807, 2.05) is 30.3 Å². The predicted molar refractivity (Wildman–Crippen MR) is 96.5 cm³/mol. The fourth-order valence-corrected chi connectivity index (χ4v) is 2.83. The summed E-state index contributed by atoms with van der Waals surface area (Å²) in [4.78, 5) is 41.7. The number of aromatic nitrogens is 2. The van der Waals surface area contributed by atoms with E-state index in [0.717, 1.165) is 23.7 Å². The topological polar surface area (TPSA) is 104 Å². The van der Waals surface area contributed by atoms with Gasteiger partial charge in [-0.2, -0.15) is 0 Å². The molecule has 0 aliphatic rings. The van der Waals surface area contributed by atoms with Gasteiger partial charge in [-0.3, -0.25) is 14.4 Å². The normalized spacial score (nSPS) is 10.3. The van der Waals surface area contributed by atoms with Crippen molar-refractivity contribution in [1.29, 1.82) is 0 Å². The number of rotatable bonds is 8. The van der Waals surface area contributed by atoms with Gasteiger partial charge >= 0.3 is 0 Å². The summed E-state index contributed by atoms with van der Waals surface area (Å²) in [7, 11) is 1.54. The van der Waals surface area contributed by atoms with E-state index in [1.165, 1.54) is 13.1 Å². The number of hydrogen-bond donors (Lipinski definition) is 3. The van der Waals surface area contributed by atoms with E-state index < -0.39 is 0 Å². The number of thioether (sulfide) groups is 1. The summed E-state index contributed by atoms with van der Waals surface area (Å²) >= 11 is 1.11. The highest BCUT2D eigenvalue weighted by atomic mass is 32.2. The lowest BCUT2D eigenvalue weighted by molar-refractivity contribution is -0.120. The fourth-order valence-electron chi connectivity index (χ4n) is 2.07. The van der Waals surface area contributed by atoms with Crippen LogP contribution in [0.3, 0.4) is 0 Å². The quantitative estimate of drug-likeness (QED) is 0.470. The number of carbonyl (C=O) groups is 2. The van der Waals surface area contributed by atoms with Crippen LogP contribution in [0.25, 0.3) is 0 Å². The summed E-state index contributed by atoms with van der Waals surface area (Å²) in [5.41, 5.74) is 1.17. The van der Waals surface area contributed by atoms with Gasteiger partial charge in [0.2, 0.25) is 11.8 Å². The highest BCUT2D eigenvalue weighted by molar-refractivity contribution is 7.99. The van der Waals surface area contributed by atoms with Crippen LogP contribution in [-0.4, -0.2) is 41.1 Å². The maximum absolute atomic E-state index is 12.0. The van der Waals surface area contributed by atoms with E-state index in [-0.39, 0.29) is 29.5 Å². The van der Waals surface area contributed by atoms with Gasteiger partial charge in [-0.15, -0.1) is 0 Å². The number of aromatic amines is 1. The molecule has 3 N–H and O–H groups in total. The van der Waals surface area contributed by atoms with Gasteiger partial charge in [-0.25, -0.2) is 4.98 Å². The van der Waals surface area contributed by atoms with Crippen LogP contribution >= 0.6 is 11.8 Å². The van der Waals surface area contributed by atoms with E-state index >= 15 is 0 Å². The first-order valence-corrected chi connectivity index (χ1v) is 8.79. The molecule has 0 atom stereocenters. The van der Waals surface area contributed by atoms with Crippen LogP contribution in [0, 0.1) is 0 Å². The Bertz CT molecular complexity index is 777. The van der Waals surface area contributed by atoms with Crippen LogP contribution in [0.2, 0.25) is 0 Å². The summed E-state index contributed by atoms with van der Waals surface area (Å²) in [6, 6.07) is 11.1. The molecule has 0 unspecified atom stereocenters. The fraction of sp³-hybridized carbons (Fsp3) is 0.294. The van der Waals surface area contributed by atoms with Crippen molar-refractivity contribution in [2.45, 2.75) is 18.0 Å². The predicted octanol–water partition coefficient (Wildman–Crippen LogP) is 0.509. The SMILES string of the molecule is CNC(=O)CSc1nc(CC(=O)NCCc2ccccc2)cc(=O)[nH]1. The molecule has 7 nitrogen and oxygen atoms in total. The minimum atomic E-state index is -0.346. The second-order valence-electron chi connectivity index (χ2n) is 5.27. The van der Waals surface area contributed by atoms with Gasteiger partial charge in [0.05, 0.1) is 17.9 Å². The molecule has 0 fully saturated rings. The van der Waals surface area contributed by atoms with Crippen molar-refractivity contribution >= 4 is 23.6 Å². The number of nitrogens with zero attached hydrogens (tertiary/aromatic N) is 1. The largest absolute Gasteiger partial charge is 0.358 e. The molecule has 25 heavy (non-hydrogen) atoms. The Morgan fingerprint density at radius 3 is 2.68 bits per heavy atom. The Morgan fingerprint density at radius 2 is 1.96 bits per heavy atom. The number of carbonyl (C=O) groups excluding carboxylic acids is 2. The van der Waals surface area contributed by atoms with Crippen molar-refractivity contribution in [2.75, 3.05) is 19.3 Å².